The summed E-state index contributed by atoms with van der Waals surface area (Å²) in [5, 5.41) is 14.5. The van der Waals surface area contributed by atoms with E-state index in [1.807, 2.05) is 97.1 Å². The summed E-state index contributed by atoms with van der Waals surface area (Å²) < 4.78 is 0. The van der Waals surface area contributed by atoms with Gasteiger partial charge in [-0.1, -0.05) is 454 Å². The maximum atomic E-state index is 5.17. The number of rotatable bonds is 12. The summed E-state index contributed by atoms with van der Waals surface area (Å²) in [7, 11) is 0. The largest absolute Gasteiger partial charge is 0.208 e. The van der Waals surface area contributed by atoms with E-state index in [0.717, 1.165) is 71.8 Å². The molecule has 9 heteroatoms. The van der Waals surface area contributed by atoms with Crippen molar-refractivity contribution >= 4 is 64.6 Å². The third-order valence-electron chi connectivity index (χ3n) is 29.1. The molecule has 0 saturated heterocycles. The molecule has 0 bridgehead atoms. The van der Waals surface area contributed by atoms with E-state index >= 15 is 0 Å². The highest BCUT2D eigenvalue weighted by molar-refractivity contribution is 6.16. The van der Waals surface area contributed by atoms with Crippen molar-refractivity contribution in [2.45, 2.75) is 57.8 Å². The first-order valence-electron chi connectivity index (χ1n) is 48.4. The van der Waals surface area contributed by atoms with Gasteiger partial charge in [0.2, 0.25) is 0 Å². The fraction of sp³-hybridized carbons (Fsp3) is 0.0682. The summed E-state index contributed by atoms with van der Waals surface area (Å²) in [5.74, 6) is 5.93. The van der Waals surface area contributed by atoms with Crippen LogP contribution in [-0.2, 0) is 16.2 Å². The van der Waals surface area contributed by atoms with Crippen molar-refractivity contribution in [1.29, 1.82) is 0 Å². The molecular weight excluding hydrogens is 1710 g/mol. The molecule has 0 N–H and O–H groups in total. The summed E-state index contributed by atoms with van der Waals surface area (Å²) in [6.07, 6.45) is 0. The van der Waals surface area contributed by atoms with E-state index < -0.39 is 0 Å². The van der Waals surface area contributed by atoms with Crippen molar-refractivity contribution < 1.29 is 0 Å². The molecular formula is C132H93N9. The van der Waals surface area contributed by atoms with Crippen molar-refractivity contribution in [1.82, 2.24) is 44.9 Å². The lowest BCUT2D eigenvalue weighted by Gasteiger charge is -2.23. The van der Waals surface area contributed by atoms with Gasteiger partial charge < -0.3 is 0 Å². The molecule has 3 aliphatic carbocycles. The molecule has 0 saturated carbocycles. The van der Waals surface area contributed by atoms with Crippen LogP contribution in [0.1, 0.15) is 74.9 Å². The minimum Gasteiger partial charge on any atom is -0.208 e. The van der Waals surface area contributed by atoms with Gasteiger partial charge in [0, 0.05) is 66.3 Å². The molecule has 27 rings (SSSR count). The molecule has 0 atom stereocenters. The minimum absolute atomic E-state index is 0.0722. The first kappa shape index (κ1) is 84.9. The number of nitrogens with zero attached hydrogens (tertiary/aromatic N) is 9. The Morgan fingerprint density at radius 3 is 0.766 bits per heavy atom. The molecule has 3 aliphatic rings. The number of fused-ring (bicyclic) bond motifs is 15. The van der Waals surface area contributed by atoms with Gasteiger partial charge in [-0.15, -0.1) is 0 Å². The number of hydrogen-bond donors (Lipinski definition) is 0. The van der Waals surface area contributed by atoms with Crippen LogP contribution < -0.4 is 0 Å². The predicted molar refractivity (Wildman–Crippen MR) is 582 cm³/mol. The first-order chi connectivity index (χ1) is 69.2. The van der Waals surface area contributed by atoms with Crippen molar-refractivity contribution in [3.05, 3.63) is 488 Å². The summed E-state index contributed by atoms with van der Waals surface area (Å²) in [5.41, 5.74) is 31.9. The molecule has 24 aromatic rings. The summed E-state index contributed by atoms with van der Waals surface area (Å²) >= 11 is 0. The van der Waals surface area contributed by atoms with Crippen molar-refractivity contribution in [3.63, 3.8) is 0 Å². The standard InChI is InChI=1S/C48H33N3.C44H31N3.C40H29N3/c1-48(2)41-21-10-9-20-40(41)44-42(48)29-34-16-7-8-19-39(34)43(44)35-17-11-18-36(28-35)45-49-46(37-24-22-30-12-3-5-14-32(30)26-37)51-47(50-45)38-25-23-31-13-4-6-15-33(31)27-38;1-44(2)37-24-14-13-23-36(37)40-38(44)27-30-19-9-10-20-31(30)39(40)34-25-26-35(33-22-12-11-21-32(33)34)43-46-41(28-15-5-3-6-16-28)45-42(47-43)29-17-7-4-8-18-29;1-40(2)33-20-12-11-19-32(33)36-34(40)25-30-17-9-10-18-31(30)35(36)26-21-23-29(24-22-26)39-42-37(27-13-5-3-6-14-27)41-38(43-39)28-15-7-4-8-16-28/h3-29H,1-2H3;3-27H,1-2H3;3-25H,1-2H3. The number of benzene rings is 21. The second kappa shape index (κ2) is 34.5. The fourth-order valence-corrected chi connectivity index (χ4v) is 22.0. The Labute approximate surface area is 819 Å². The van der Waals surface area contributed by atoms with Crippen molar-refractivity contribution in [3.8, 4) is 169 Å². The van der Waals surface area contributed by atoms with E-state index in [0.29, 0.717) is 52.4 Å². The molecule has 3 aromatic heterocycles. The maximum absolute atomic E-state index is 5.17. The van der Waals surface area contributed by atoms with E-state index in [9.17, 15) is 0 Å². The topological polar surface area (TPSA) is 116 Å². The zero-order valence-corrected chi connectivity index (χ0v) is 78.8. The smallest absolute Gasteiger partial charge is 0.164 e. The lowest BCUT2D eigenvalue weighted by Crippen LogP contribution is -2.14. The van der Waals surface area contributed by atoms with Gasteiger partial charge in [0.05, 0.1) is 0 Å². The summed E-state index contributed by atoms with van der Waals surface area (Å²) in [6, 6.07) is 161. The van der Waals surface area contributed by atoms with Crippen LogP contribution in [0.25, 0.3) is 234 Å². The Morgan fingerprint density at radius 2 is 0.376 bits per heavy atom. The van der Waals surface area contributed by atoms with Gasteiger partial charge in [0.25, 0.3) is 0 Å². The Hall–Kier alpha value is -17.8. The Kier molecular flexibility index (Phi) is 20.8. The van der Waals surface area contributed by atoms with E-state index in [1.165, 1.54) is 143 Å². The third kappa shape index (κ3) is 14.9. The Morgan fingerprint density at radius 1 is 0.128 bits per heavy atom. The molecule has 0 spiro atoms. The van der Waals surface area contributed by atoms with Gasteiger partial charge in [-0.05, 0) is 207 Å². The van der Waals surface area contributed by atoms with Crippen LogP contribution in [-0.4, -0.2) is 44.9 Å². The normalized spacial score (nSPS) is 13.1. The van der Waals surface area contributed by atoms with Crippen LogP contribution in [0, 0.1) is 0 Å². The molecule has 0 aliphatic heterocycles. The molecule has 0 unspecified atom stereocenters. The average Bonchev–Trinajstić information content (AvgIpc) is 1.56. The van der Waals surface area contributed by atoms with Gasteiger partial charge in [-0.2, -0.15) is 0 Å². The van der Waals surface area contributed by atoms with Crippen LogP contribution in [0.3, 0.4) is 0 Å². The zero-order valence-electron chi connectivity index (χ0n) is 78.8. The van der Waals surface area contributed by atoms with Gasteiger partial charge in [0.15, 0.2) is 52.4 Å². The van der Waals surface area contributed by atoms with E-state index in [1.54, 1.807) is 0 Å². The molecule has 3 heterocycles. The summed E-state index contributed by atoms with van der Waals surface area (Å²) in [4.78, 5) is 45.3. The van der Waals surface area contributed by atoms with Gasteiger partial charge in [-0.3, -0.25) is 0 Å². The van der Waals surface area contributed by atoms with Crippen LogP contribution in [0.2, 0.25) is 0 Å². The van der Waals surface area contributed by atoms with Gasteiger partial charge >= 0.3 is 0 Å². The Balaban J connectivity index is 0.000000112. The average molecular weight is 1810 g/mol. The molecule has 666 valence electrons. The van der Waals surface area contributed by atoms with Crippen molar-refractivity contribution in [2.24, 2.45) is 0 Å². The van der Waals surface area contributed by atoms with Crippen LogP contribution in [0.5, 0.6) is 0 Å². The predicted octanol–water partition coefficient (Wildman–Crippen LogP) is 33.5. The summed E-state index contributed by atoms with van der Waals surface area (Å²) in [6.45, 7) is 14.1. The second-order valence-electron chi connectivity index (χ2n) is 38.6. The quantitative estimate of drug-likeness (QED) is 0.118. The highest BCUT2D eigenvalue weighted by Gasteiger charge is 2.42. The lowest BCUT2D eigenvalue weighted by molar-refractivity contribution is 0.661. The highest BCUT2D eigenvalue weighted by Crippen LogP contribution is 2.59. The van der Waals surface area contributed by atoms with Crippen LogP contribution in [0.15, 0.2) is 455 Å². The van der Waals surface area contributed by atoms with Crippen molar-refractivity contribution in [2.75, 3.05) is 0 Å². The molecule has 0 amide bonds. The Bertz CT molecular complexity index is 8920. The number of hydrogen-bond acceptors (Lipinski definition) is 9. The van der Waals surface area contributed by atoms with E-state index in [4.69, 9.17) is 44.9 Å². The first-order valence-corrected chi connectivity index (χ1v) is 48.4. The maximum Gasteiger partial charge on any atom is 0.164 e. The van der Waals surface area contributed by atoms with Crippen LogP contribution in [0.4, 0.5) is 0 Å². The van der Waals surface area contributed by atoms with E-state index in [-0.39, 0.29) is 16.2 Å². The van der Waals surface area contributed by atoms with Gasteiger partial charge in [0.1, 0.15) is 0 Å². The minimum atomic E-state index is -0.111. The molecule has 0 radical (unpaired) electrons. The third-order valence-corrected chi connectivity index (χ3v) is 29.1. The monoisotopic (exact) mass is 1800 g/mol. The second-order valence-corrected chi connectivity index (χ2v) is 38.6. The number of aromatic nitrogens is 9. The highest BCUT2D eigenvalue weighted by atomic mass is 15.1. The lowest BCUT2D eigenvalue weighted by atomic mass is 9.80. The molecule has 141 heavy (non-hydrogen) atoms. The zero-order chi connectivity index (χ0) is 94.6. The molecule has 9 nitrogen and oxygen atoms in total. The van der Waals surface area contributed by atoms with Crippen LogP contribution >= 0.6 is 0 Å². The molecule has 21 aromatic carbocycles. The van der Waals surface area contributed by atoms with E-state index in [2.05, 4.69) is 399 Å². The fourth-order valence-electron chi connectivity index (χ4n) is 22.0. The SMILES string of the molecule is CC1(C)c2ccccc2-c2c1cc1ccccc1c2-c1ccc(-c2nc(-c3ccccc3)nc(-c3ccccc3)n2)c2ccccc12.CC1(C)c2ccccc2-c2c1cc1ccccc1c2-c1ccc(-c2nc(-c3ccccc3)nc(-c3ccccc3)n2)cc1.CC1(C)c2ccccc2-c2c1cc1ccccc1c2-c1cccc(-c2nc(-c3ccc4ccccc4c3)nc(-c3ccc4ccccc4c3)n2)c1. The molecule has 0 fully saturated rings. The van der Waals surface area contributed by atoms with Gasteiger partial charge in [-0.25, -0.2) is 44.9 Å².